The second kappa shape index (κ2) is 7.41. The third kappa shape index (κ3) is 3.98. The predicted molar refractivity (Wildman–Crippen MR) is 91.7 cm³/mol. The van der Waals surface area contributed by atoms with Crippen molar-refractivity contribution in [3.8, 4) is 17.1 Å². The second-order valence-electron chi connectivity index (χ2n) is 5.28. The second-order valence-corrected chi connectivity index (χ2v) is 5.28. The first-order valence-electron chi connectivity index (χ1n) is 7.68. The van der Waals surface area contributed by atoms with Crippen LogP contribution >= 0.6 is 0 Å². The molecule has 2 N–H and O–H groups in total. The number of aromatic nitrogens is 3. The summed E-state index contributed by atoms with van der Waals surface area (Å²) in [6.45, 7) is 2.29. The number of aromatic amines is 1. The van der Waals surface area contributed by atoms with Gasteiger partial charge in [-0.3, -0.25) is 15.2 Å². The number of benzene rings is 2. The van der Waals surface area contributed by atoms with Gasteiger partial charge < -0.3 is 4.74 Å². The van der Waals surface area contributed by atoms with E-state index < -0.39 is 0 Å². The summed E-state index contributed by atoms with van der Waals surface area (Å²) in [6, 6.07) is 17.2. The van der Waals surface area contributed by atoms with Gasteiger partial charge in [0.05, 0.1) is 13.0 Å². The van der Waals surface area contributed by atoms with Crippen molar-refractivity contribution in [3.05, 3.63) is 60.2 Å². The zero-order valence-electron chi connectivity index (χ0n) is 13.3. The van der Waals surface area contributed by atoms with Gasteiger partial charge in [-0.05, 0) is 24.6 Å². The topological polar surface area (TPSA) is 79.9 Å². The molecule has 0 bridgehead atoms. The van der Waals surface area contributed by atoms with Crippen molar-refractivity contribution < 1.29 is 9.53 Å². The molecular formula is C18H18N4O2. The van der Waals surface area contributed by atoms with Gasteiger partial charge in [0.25, 0.3) is 0 Å². The highest BCUT2D eigenvalue weighted by atomic mass is 16.5. The molecule has 0 radical (unpaired) electrons. The van der Waals surface area contributed by atoms with Gasteiger partial charge in [-0.25, -0.2) is 0 Å². The summed E-state index contributed by atoms with van der Waals surface area (Å²) >= 11 is 0. The number of rotatable bonds is 6. The highest BCUT2D eigenvalue weighted by molar-refractivity contribution is 5.89. The highest BCUT2D eigenvalue weighted by Gasteiger charge is 2.10. The van der Waals surface area contributed by atoms with Crippen LogP contribution in [0, 0.1) is 6.92 Å². The predicted octanol–water partition coefficient (Wildman–Crippen LogP) is 3.19. The van der Waals surface area contributed by atoms with Crippen LogP contribution in [0.2, 0.25) is 0 Å². The summed E-state index contributed by atoms with van der Waals surface area (Å²) in [5, 5.41) is 9.54. The van der Waals surface area contributed by atoms with Crippen LogP contribution in [0.15, 0.2) is 54.6 Å². The van der Waals surface area contributed by atoms with Gasteiger partial charge in [0.1, 0.15) is 5.75 Å². The van der Waals surface area contributed by atoms with Crippen LogP contribution in [0.4, 0.5) is 5.95 Å². The largest absolute Gasteiger partial charge is 0.493 e. The molecule has 0 aliphatic rings. The SMILES string of the molecule is Cc1ccccc1-c1nc(NC(=O)CCOc2ccccc2)n[nH]1. The number of nitrogens with zero attached hydrogens (tertiary/aromatic N) is 2. The number of nitrogens with one attached hydrogen (secondary N) is 2. The van der Waals surface area contributed by atoms with Gasteiger partial charge in [0, 0.05) is 5.56 Å². The summed E-state index contributed by atoms with van der Waals surface area (Å²) in [5.41, 5.74) is 2.04. The Kier molecular flexibility index (Phi) is 4.86. The molecule has 0 aliphatic heterocycles. The molecule has 6 heteroatoms. The maximum atomic E-state index is 11.9. The molecule has 0 saturated carbocycles. The summed E-state index contributed by atoms with van der Waals surface area (Å²) in [7, 11) is 0. The Morgan fingerprint density at radius 3 is 2.67 bits per heavy atom. The molecule has 1 amide bonds. The zero-order valence-corrected chi connectivity index (χ0v) is 13.3. The number of amides is 1. The molecule has 122 valence electrons. The zero-order chi connectivity index (χ0) is 16.8. The van der Waals surface area contributed by atoms with Crippen molar-refractivity contribution in [3.63, 3.8) is 0 Å². The normalized spacial score (nSPS) is 10.4. The quantitative estimate of drug-likeness (QED) is 0.730. The lowest BCUT2D eigenvalue weighted by atomic mass is 10.1. The first-order valence-corrected chi connectivity index (χ1v) is 7.68. The van der Waals surface area contributed by atoms with Crippen LogP contribution in [0.3, 0.4) is 0 Å². The third-order valence-electron chi connectivity index (χ3n) is 3.48. The Hall–Kier alpha value is -3.15. The first kappa shape index (κ1) is 15.7. The molecule has 6 nitrogen and oxygen atoms in total. The maximum absolute atomic E-state index is 11.9. The molecule has 1 heterocycles. The average molecular weight is 322 g/mol. The summed E-state index contributed by atoms with van der Waals surface area (Å²) in [5.74, 6) is 1.44. The van der Waals surface area contributed by atoms with Crippen LogP contribution in [-0.2, 0) is 4.79 Å². The molecule has 0 atom stereocenters. The van der Waals surface area contributed by atoms with Crippen molar-refractivity contribution in [2.45, 2.75) is 13.3 Å². The van der Waals surface area contributed by atoms with Crippen LogP contribution in [0.5, 0.6) is 5.75 Å². The highest BCUT2D eigenvalue weighted by Crippen LogP contribution is 2.19. The molecular weight excluding hydrogens is 304 g/mol. The van der Waals surface area contributed by atoms with E-state index in [9.17, 15) is 4.79 Å². The van der Waals surface area contributed by atoms with Crippen LogP contribution in [0.25, 0.3) is 11.4 Å². The van der Waals surface area contributed by atoms with E-state index in [4.69, 9.17) is 4.74 Å². The minimum atomic E-state index is -0.193. The molecule has 24 heavy (non-hydrogen) atoms. The van der Waals surface area contributed by atoms with E-state index in [2.05, 4.69) is 20.5 Å². The van der Waals surface area contributed by atoms with Gasteiger partial charge in [-0.15, -0.1) is 5.10 Å². The van der Waals surface area contributed by atoms with E-state index in [1.54, 1.807) is 0 Å². The number of para-hydroxylation sites is 1. The Morgan fingerprint density at radius 2 is 1.88 bits per heavy atom. The van der Waals surface area contributed by atoms with Crippen LogP contribution in [0.1, 0.15) is 12.0 Å². The minimum Gasteiger partial charge on any atom is -0.493 e. The molecule has 0 unspecified atom stereocenters. The third-order valence-corrected chi connectivity index (χ3v) is 3.48. The maximum Gasteiger partial charge on any atom is 0.249 e. The van der Waals surface area contributed by atoms with E-state index >= 15 is 0 Å². The van der Waals surface area contributed by atoms with E-state index in [0.29, 0.717) is 12.4 Å². The molecule has 0 fully saturated rings. The van der Waals surface area contributed by atoms with E-state index in [1.165, 1.54) is 0 Å². The Bertz CT molecular complexity index is 815. The minimum absolute atomic E-state index is 0.193. The fraction of sp³-hybridized carbons (Fsp3) is 0.167. The lowest BCUT2D eigenvalue weighted by Gasteiger charge is -2.05. The molecule has 3 rings (SSSR count). The van der Waals surface area contributed by atoms with Crippen molar-refractivity contribution in [1.29, 1.82) is 0 Å². The smallest absolute Gasteiger partial charge is 0.249 e. The lowest BCUT2D eigenvalue weighted by molar-refractivity contribution is -0.116. The molecule has 0 spiro atoms. The van der Waals surface area contributed by atoms with Gasteiger partial charge in [0.2, 0.25) is 11.9 Å². The number of carbonyl (C=O) groups excluding carboxylic acids is 1. The van der Waals surface area contributed by atoms with Gasteiger partial charge in [-0.2, -0.15) is 4.98 Å². The van der Waals surface area contributed by atoms with E-state index in [-0.39, 0.29) is 18.3 Å². The number of aryl methyl sites for hydroxylation is 1. The average Bonchev–Trinajstić information content (AvgIpc) is 3.04. The van der Waals surface area contributed by atoms with E-state index in [1.807, 2.05) is 61.5 Å². The molecule has 0 aliphatic carbocycles. The lowest BCUT2D eigenvalue weighted by Crippen LogP contribution is -2.16. The van der Waals surface area contributed by atoms with Gasteiger partial charge >= 0.3 is 0 Å². The number of hydrogen-bond donors (Lipinski definition) is 2. The first-order chi connectivity index (χ1) is 11.7. The van der Waals surface area contributed by atoms with Crippen LogP contribution in [-0.4, -0.2) is 27.7 Å². The fourth-order valence-corrected chi connectivity index (χ4v) is 2.24. The molecule has 0 saturated heterocycles. The number of anilines is 1. The Balaban J connectivity index is 1.53. The summed E-state index contributed by atoms with van der Waals surface area (Å²) in [4.78, 5) is 16.2. The molecule has 1 aromatic heterocycles. The fourth-order valence-electron chi connectivity index (χ4n) is 2.24. The van der Waals surface area contributed by atoms with Crippen molar-refractivity contribution in [2.24, 2.45) is 0 Å². The van der Waals surface area contributed by atoms with Crippen molar-refractivity contribution in [2.75, 3.05) is 11.9 Å². The molecule has 3 aromatic rings. The monoisotopic (exact) mass is 322 g/mol. The number of H-pyrrole nitrogens is 1. The van der Waals surface area contributed by atoms with Gasteiger partial charge in [-0.1, -0.05) is 42.5 Å². The standard InChI is InChI=1S/C18H18N4O2/c1-13-7-5-6-10-15(13)17-20-18(22-21-17)19-16(23)11-12-24-14-8-3-2-4-9-14/h2-10H,11-12H2,1H3,(H2,19,20,21,22,23). The van der Waals surface area contributed by atoms with Crippen molar-refractivity contribution in [1.82, 2.24) is 15.2 Å². The van der Waals surface area contributed by atoms with E-state index in [0.717, 1.165) is 16.9 Å². The summed E-state index contributed by atoms with van der Waals surface area (Å²) < 4.78 is 5.50. The van der Waals surface area contributed by atoms with Crippen molar-refractivity contribution >= 4 is 11.9 Å². The van der Waals surface area contributed by atoms with Gasteiger partial charge in [0.15, 0.2) is 5.82 Å². The Labute approximate surface area is 139 Å². The number of carbonyl (C=O) groups is 1. The number of hydrogen-bond acceptors (Lipinski definition) is 4. The Morgan fingerprint density at radius 1 is 1.12 bits per heavy atom. The van der Waals surface area contributed by atoms with Crippen LogP contribution < -0.4 is 10.1 Å². The molecule has 2 aromatic carbocycles. The number of ether oxygens (including phenoxy) is 1. The summed E-state index contributed by atoms with van der Waals surface area (Å²) in [6.07, 6.45) is 0.225.